The number of hydrogen-bond donors (Lipinski definition) is 1. The molecule has 0 fully saturated rings. The van der Waals surface area contributed by atoms with Crippen LogP contribution in [0.25, 0.3) is 0 Å². The number of alkyl halides is 3. The molecule has 1 aromatic carbocycles. The van der Waals surface area contributed by atoms with Crippen molar-refractivity contribution in [3.05, 3.63) is 23.3 Å². The van der Waals surface area contributed by atoms with Gasteiger partial charge in [0.2, 0.25) is 0 Å². The van der Waals surface area contributed by atoms with Gasteiger partial charge in [-0.2, -0.15) is 0 Å². The van der Waals surface area contributed by atoms with Crippen molar-refractivity contribution in [2.45, 2.75) is 44.6 Å². The molecule has 3 unspecified atom stereocenters. The summed E-state index contributed by atoms with van der Waals surface area (Å²) in [6.07, 6.45) is -2.94. The molecule has 0 saturated heterocycles. The smallest absolute Gasteiger partial charge is 0.160 e. The van der Waals surface area contributed by atoms with E-state index in [9.17, 15) is 13.2 Å². The first-order valence-corrected chi connectivity index (χ1v) is 7.30. The Morgan fingerprint density at radius 2 is 1.50 bits per heavy atom. The van der Waals surface area contributed by atoms with Gasteiger partial charge < -0.3 is 15.2 Å². The van der Waals surface area contributed by atoms with Gasteiger partial charge in [0.15, 0.2) is 6.17 Å². The molecule has 0 aliphatic carbocycles. The molecule has 0 spiro atoms. The van der Waals surface area contributed by atoms with Crippen LogP contribution in [0.3, 0.4) is 0 Å². The summed E-state index contributed by atoms with van der Waals surface area (Å²) in [6.45, 7) is 0.638. The molecule has 1 rings (SSSR count). The normalized spacial score (nSPS) is 15.2. The second kappa shape index (κ2) is 8.88. The highest BCUT2D eigenvalue weighted by atomic mass is 19.2. The number of hydrogen-bond acceptors (Lipinski definition) is 3. The van der Waals surface area contributed by atoms with Gasteiger partial charge in [-0.25, -0.2) is 13.2 Å². The summed E-state index contributed by atoms with van der Waals surface area (Å²) in [7, 11) is 2.95. The van der Waals surface area contributed by atoms with Crippen molar-refractivity contribution < 1.29 is 22.6 Å². The summed E-state index contributed by atoms with van der Waals surface area (Å²) in [6, 6.07) is 3.30. The molecule has 3 nitrogen and oxygen atoms in total. The molecule has 0 aliphatic rings. The van der Waals surface area contributed by atoms with Crippen LogP contribution >= 0.6 is 0 Å². The fraction of sp³-hybridized carbons (Fsp3) is 0.625. The zero-order valence-electron chi connectivity index (χ0n) is 13.2. The Hall–Kier alpha value is -1.43. The Balaban J connectivity index is 3.08. The molecular weight excluding hydrogens is 295 g/mol. The second-order valence-electron chi connectivity index (χ2n) is 5.24. The first-order chi connectivity index (χ1) is 10.5. The van der Waals surface area contributed by atoms with Gasteiger partial charge in [0.05, 0.1) is 14.2 Å². The minimum atomic E-state index is -2.14. The number of methoxy groups -OCH3 is 2. The van der Waals surface area contributed by atoms with Crippen LogP contribution in [0.15, 0.2) is 12.1 Å². The quantitative estimate of drug-likeness (QED) is 0.760. The van der Waals surface area contributed by atoms with E-state index in [1.165, 1.54) is 14.2 Å². The maximum absolute atomic E-state index is 13.7. The highest BCUT2D eigenvalue weighted by molar-refractivity contribution is 5.47. The van der Waals surface area contributed by atoms with E-state index in [0.717, 1.165) is 12.0 Å². The summed E-state index contributed by atoms with van der Waals surface area (Å²) in [5.74, 6) is 0.968. The zero-order chi connectivity index (χ0) is 16.7. The lowest BCUT2D eigenvalue weighted by atomic mass is 9.98. The third-order valence-electron chi connectivity index (χ3n) is 3.64. The van der Waals surface area contributed by atoms with Gasteiger partial charge in [-0.1, -0.05) is 6.92 Å². The van der Waals surface area contributed by atoms with E-state index >= 15 is 0 Å². The highest BCUT2D eigenvalue weighted by Gasteiger charge is 2.23. The third-order valence-corrected chi connectivity index (χ3v) is 3.64. The SMILES string of the molecule is CCC(N)Cc1cc(OC)c(CC(F)C(F)CF)cc1OC. The van der Waals surface area contributed by atoms with Crippen LogP contribution in [-0.4, -0.2) is 39.3 Å². The Kier molecular flexibility index (Phi) is 7.51. The van der Waals surface area contributed by atoms with Gasteiger partial charge in [-0.05, 0) is 30.5 Å². The topological polar surface area (TPSA) is 44.5 Å². The first kappa shape index (κ1) is 18.6. The number of benzene rings is 1. The minimum absolute atomic E-state index is 0.0276. The summed E-state index contributed by atoms with van der Waals surface area (Å²) in [5.41, 5.74) is 7.23. The van der Waals surface area contributed by atoms with Crippen LogP contribution < -0.4 is 15.2 Å². The molecule has 0 saturated carbocycles. The fourth-order valence-electron chi connectivity index (χ4n) is 2.20. The molecule has 0 heterocycles. The molecule has 0 aromatic heterocycles. The average Bonchev–Trinajstić information content (AvgIpc) is 2.54. The van der Waals surface area contributed by atoms with E-state index in [1.807, 2.05) is 6.92 Å². The Morgan fingerprint density at radius 1 is 1.00 bits per heavy atom. The maximum Gasteiger partial charge on any atom is 0.160 e. The zero-order valence-corrected chi connectivity index (χ0v) is 13.2. The van der Waals surface area contributed by atoms with E-state index in [0.29, 0.717) is 23.5 Å². The molecule has 0 amide bonds. The Bertz CT molecular complexity index is 471. The molecule has 2 N–H and O–H groups in total. The fourth-order valence-corrected chi connectivity index (χ4v) is 2.20. The number of rotatable bonds is 9. The van der Waals surface area contributed by atoms with Crippen molar-refractivity contribution in [2.24, 2.45) is 5.73 Å². The molecule has 0 aliphatic heterocycles. The Morgan fingerprint density at radius 3 is 1.91 bits per heavy atom. The highest BCUT2D eigenvalue weighted by Crippen LogP contribution is 2.31. The minimum Gasteiger partial charge on any atom is -0.496 e. The van der Waals surface area contributed by atoms with E-state index in [4.69, 9.17) is 15.2 Å². The van der Waals surface area contributed by atoms with Crippen molar-refractivity contribution in [1.82, 2.24) is 0 Å². The van der Waals surface area contributed by atoms with Crippen LogP contribution in [0.5, 0.6) is 11.5 Å². The molecular formula is C16H24F3NO2. The molecule has 0 radical (unpaired) electrons. The maximum atomic E-state index is 13.7. The third kappa shape index (κ3) is 4.80. The van der Waals surface area contributed by atoms with Crippen LogP contribution in [0.1, 0.15) is 24.5 Å². The molecule has 6 heteroatoms. The summed E-state index contributed by atoms with van der Waals surface area (Å²) < 4.78 is 49.5. The molecule has 0 bridgehead atoms. The predicted molar refractivity (Wildman–Crippen MR) is 81.0 cm³/mol. The van der Waals surface area contributed by atoms with Gasteiger partial charge in [-0.15, -0.1) is 0 Å². The van der Waals surface area contributed by atoms with E-state index in [2.05, 4.69) is 0 Å². The predicted octanol–water partition coefficient (Wildman–Crippen LogP) is 3.17. The summed E-state index contributed by atoms with van der Waals surface area (Å²) >= 11 is 0. The van der Waals surface area contributed by atoms with Gasteiger partial charge in [0.1, 0.15) is 24.3 Å². The van der Waals surface area contributed by atoms with Crippen molar-refractivity contribution in [2.75, 3.05) is 20.9 Å². The van der Waals surface area contributed by atoms with Crippen LogP contribution in [-0.2, 0) is 12.8 Å². The van der Waals surface area contributed by atoms with E-state index in [-0.39, 0.29) is 12.5 Å². The second-order valence-corrected chi connectivity index (χ2v) is 5.24. The molecule has 22 heavy (non-hydrogen) atoms. The summed E-state index contributed by atoms with van der Waals surface area (Å²) in [4.78, 5) is 0. The number of nitrogens with two attached hydrogens (primary N) is 1. The van der Waals surface area contributed by atoms with Crippen molar-refractivity contribution >= 4 is 0 Å². The standard InChI is InChI=1S/C16H24F3NO2/c1-4-12(20)5-10-7-16(22-3)11(8-15(10)21-2)6-13(18)14(19)9-17/h7-8,12-14H,4-6,9,20H2,1-3H3. The molecule has 126 valence electrons. The molecule has 3 atom stereocenters. The molecule has 1 aromatic rings. The van der Waals surface area contributed by atoms with Gasteiger partial charge in [0, 0.05) is 18.0 Å². The van der Waals surface area contributed by atoms with E-state index < -0.39 is 19.0 Å². The van der Waals surface area contributed by atoms with Gasteiger partial charge in [0.25, 0.3) is 0 Å². The van der Waals surface area contributed by atoms with Crippen LogP contribution in [0, 0.1) is 0 Å². The Labute approximate surface area is 129 Å². The first-order valence-electron chi connectivity index (χ1n) is 7.30. The number of ether oxygens (including phenoxy) is 2. The largest absolute Gasteiger partial charge is 0.496 e. The van der Waals surface area contributed by atoms with Gasteiger partial charge in [-0.3, -0.25) is 0 Å². The lowest BCUT2D eigenvalue weighted by Gasteiger charge is -2.18. The van der Waals surface area contributed by atoms with Crippen molar-refractivity contribution in [3.63, 3.8) is 0 Å². The van der Waals surface area contributed by atoms with Crippen molar-refractivity contribution in [1.29, 1.82) is 0 Å². The lowest BCUT2D eigenvalue weighted by molar-refractivity contribution is 0.136. The van der Waals surface area contributed by atoms with Crippen LogP contribution in [0.4, 0.5) is 13.2 Å². The number of halogens is 3. The van der Waals surface area contributed by atoms with Crippen LogP contribution in [0.2, 0.25) is 0 Å². The monoisotopic (exact) mass is 319 g/mol. The van der Waals surface area contributed by atoms with Gasteiger partial charge >= 0.3 is 0 Å². The lowest BCUT2D eigenvalue weighted by Crippen LogP contribution is -2.23. The average molecular weight is 319 g/mol. The van der Waals surface area contributed by atoms with E-state index in [1.54, 1.807) is 12.1 Å². The van der Waals surface area contributed by atoms with Crippen molar-refractivity contribution in [3.8, 4) is 11.5 Å². The summed E-state index contributed by atoms with van der Waals surface area (Å²) in [5, 5.41) is 0.